The van der Waals surface area contributed by atoms with Crippen molar-refractivity contribution in [3.63, 3.8) is 0 Å². The Kier molecular flexibility index (Phi) is 4.36. The third-order valence-electron chi connectivity index (χ3n) is 4.92. The Labute approximate surface area is 151 Å². The van der Waals surface area contributed by atoms with Gasteiger partial charge in [0.2, 0.25) is 5.78 Å². The maximum Gasteiger partial charge on any atom is 0.215 e. The first-order valence-corrected chi connectivity index (χ1v) is 8.94. The standard InChI is InChI=1S/C19H23N5O.3H2/c20-19-15(3-2-10-21-19)18(25)16-4-1-5-17(23-16)24-11-8-14(9-12-24)22-13-6-7-13;;;/h1-5,10,13-14,22H,6-9,11-12H2,(H2,20,21);3*1H. The molecular formula is C19H29N5O. The highest BCUT2D eigenvalue weighted by Gasteiger charge is 2.27. The number of nitrogens with two attached hydrogens (primary N) is 1. The minimum absolute atomic E-state index is 0. The molecule has 2 aliphatic rings. The second-order valence-electron chi connectivity index (χ2n) is 6.85. The number of nitrogen functional groups attached to an aromatic ring is 1. The molecule has 0 spiro atoms. The van der Waals surface area contributed by atoms with Crippen LogP contribution in [0.2, 0.25) is 0 Å². The summed E-state index contributed by atoms with van der Waals surface area (Å²) in [6.45, 7) is 1.92. The van der Waals surface area contributed by atoms with Crippen LogP contribution in [-0.2, 0) is 0 Å². The van der Waals surface area contributed by atoms with Crippen LogP contribution in [-0.4, -0.2) is 40.9 Å². The zero-order chi connectivity index (χ0) is 17.2. The van der Waals surface area contributed by atoms with Crippen molar-refractivity contribution in [3.05, 3.63) is 47.8 Å². The molecule has 1 aliphatic carbocycles. The minimum atomic E-state index is -0.183. The summed E-state index contributed by atoms with van der Waals surface area (Å²) in [4.78, 5) is 23.5. The molecule has 1 saturated carbocycles. The average molecular weight is 343 g/mol. The van der Waals surface area contributed by atoms with E-state index < -0.39 is 0 Å². The summed E-state index contributed by atoms with van der Waals surface area (Å²) in [5.41, 5.74) is 6.64. The topological polar surface area (TPSA) is 84.1 Å². The highest BCUT2D eigenvalue weighted by atomic mass is 16.1. The molecule has 0 atom stereocenters. The molecule has 0 radical (unpaired) electrons. The van der Waals surface area contributed by atoms with Gasteiger partial charge in [0.05, 0.1) is 5.56 Å². The Hall–Kier alpha value is -2.47. The number of pyridine rings is 2. The van der Waals surface area contributed by atoms with Crippen LogP contribution in [0.4, 0.5) is 11.6 Å². The summed E-state index contributed by atoms with van der Waals surface area (Å²) in [5.74, 6) is 0.919. The first-order valence-electron chi connectivity index (χ1n) is 8.94. The SMILES string of the molecule is Nc1ncccc1C(=O)c1cccc(N2CCC(NC3CC3)CC2)n1.[HH].[HH].[HH]. The molecular weight excluding hydrogens is 314 g/mol. The minimum Gasteiger partial charge on any atom is -0.383 e. The summed E-state index contributed by atoms with van der Waals surface area (Å²) in [6.07, 6.45) is 6.46. The van der Waals surface area contributed by atoms with Crippen molar-refractivity contribution in [2.45, 2.75) is 37.8 Å². The molecule has 136 valence electrons. The molecule has 0 unspecified atom stereocenters. The van der Waals surface area contributed by atoms with Gasteiger partial charge in [-0.15, -0.1) is 0 Å². The number of hydrogen-bond donors (Lipinski definition) is 2. The van der Waals surface area contributed by atoms with Crippen LogP contribution in [0, 0.1) is 0 Å². The number of ketones is 1. The molecule has 4 rings (SSSR count). The van der Waals surface area contributed by atoms with Crippen molar-refractivity contribution in [2.24, 2.45) is 0 Å². The van der Waals surface area contributed by atoms with E-state index in [0.29, 0.717) is 17.3 Å². The van der Waals surface area contributed by atoms with Gasteiger partial charge in [0.25, 0.3) is 0 Å². The predicted molar refractivity (Wildman–Crippen MR) is 104 cm³/mol. The van der Waals surface area contributed by atoms with Gasteiger partial charge in [0.15, 0.2) is 0 Å². The van der Waals surface area contributed by atoms with Gasteiger partial charge >= 0.3 is 0 Å². The number of aromatic nitrogens is 2. The molecule has 0 bridgehead atoms. The fourth-order valence-corrected chi connectivity index (χ4v) is 3.33. The summed E-state index contributed by atoms with van der Waals surface area (Å²) < 4.78 is 0. The number of rotatable bonds is 5. The monoisotopic (exact) mass is 343 g/mol. The maximum atomic E-state index is 12.7. The number of carbonyl (C=O) groups excluding carboxylic acids is 1. The molecule has 2 aromatic rings. The number of hydrogen-bond acceptors (Lipinski definition) is 6. The Balaban J connectivity index is 0.00000131. The zero-order valence-electron chi connectivity index (χ0n) is 14.2. The lowest BCUT2D eigenvalue weighted by molar-refractivity contribution is 0.103. The van der Waals surface area contributed by atoms with E-state index in [1.54, 1.807) is 24.4 Å². The Morgan fingerprint density at radius 3 is 2.60 bits per heavy atom. The van der Waals surface area contributed by atoms with Gasteiger partial charge in [-0.05, 0) is 49.9 Å². The third kappa shape index (κ3) is 3.64. The van der Waals surface area contributed by atoms with Gasteiger partial charge in [-0.25, -0.2) is 9.97 Å². The number of carbonyl (C=O) groups is 1. The summed E-state index contributed by atoms with van der Waals surface area (Å²) in [7, 11) is 0. The van der Waals surface area contributed by atoms with Crippen molar-refractivity contribution in [2.75, 3.05) is 23.7 Å². The molecule has 1 saturated heterocycles. The number of anilines is 2. The van der Waals surface area contributed by atoms with Crippen LogP contribution in [0.1, 0.15) is 46.0 Å². The van der Waals surface area contributed by atoms with Gasteiger partial charge in [-0.2, -0.15) is 0 Å². The van der Waals surface area contributed by atoms with E-state index in [1.807, 2.05) is 12.1 Å². The fraction of sp³-hybridized carbons (Fsp3) is 0.421. The van der Waals surface area contributed by atoms with Gasteiger partial charge in [0, 0.05) is 35.6 Å². The molecule has 0 amide bonds. The van der Waals surface area contributed by atoms with E-state index in [0.717, 1.165) is 37.8 Å². The molecule has 25 heavy (non-hydrogen) atoms. The van der Waals surface area contributed by atoms with Crippen molar-refractivity contribution in [3.8, 4) is 0 Å². The van der Waals surface area contributed by atoms with Crippen LogP contribution < -0.4 is 16.0 Å². The Bertz CT molecular complexity index is 780. The first-order chi connectivity index (χ1) is 12.2. The lowest BCUT2D eigenvalue weighted by atomic mass is 10.0. The highest BCUT2D eigenvalue weighted by Crippen LogP contribution is 2.24. The van der Waals surface area contributed by atoms with E-state index >= 15 is 0 Å². The van der Waals surface area contributed by atoms with Gasteiger partial charge in [0.1, 0.15) is 17.3 Å². The van der Waals surface area contributed by atoms with Gasteiger partial charge < -0.3 is 16.0 Å². The van der Waals surface area contributed by atoms with Crippen LogP contribution in [0.5, 0.6) is 0 Å². The molecule has 2 aromatic heterocycles. The third-order valence-corrected chi connectivity index (χ3v) is 4.92. The van der Waals surface area contributed by atoms with Crippen molar-refractivity contribution in [1.29, 1.82) is 0 Å². The smallest absolute Gasteiger partial charge is 0.215 e. The van der Waals surface area contributed by atoms with Crippen molar-refractivity contribution >= 4 is 17.4 Å². The van der Waals surface area contributed by atoms with Gasteiger partial charge in [-0.1, -0.05) is 6.07 Å². The Morgan fingerprint density at radius 2 is 1.88 bits per heavy atom. The summed E-state index contributed by atoms with van der Waals surface area (Å²) >= 11 is 0. The van der Waals surface area contributed by atoms with E-state index in [2.05, 4.69) is 20.2 Å². The number of piperidine rings is 1. The second kappa shape index (κ2) is 6.80. The quantitative estimate of drug-likeness (QED) is 0.812. The molecule has 3 heterocycles. The normalized spacial score (nSPS) is 18.3. The molecule has 0 aromatic carbocycles. The van der Waals surface area contributed by atoms with E-state index in [-0.39, 0.29) is 15.9 Å². The highest BCUT2D eigenvalue weighted by molar-refractivity contribution is 6.10. The second-order valence-corrected chi connectivity index (χ2v) is 6.85. The van der Waals surface area contributed by atoms with Crippen molar-refractivity contribution < 1.29 is 9.07 Å². The van der Waals surface area contributed by atoms with Crippen LogP contribution in [0.15, 0.2) is 36.5 Å². The zero-order valence-corrected chi connectivity index (χ0v) is 14.2. The van der Waals surface area contributed by atoms with E-state index in [9.17, 15) is 4.79 Å². The summed E-state index contributed by atoms with van der Waals surface area (Å²) in [5, 5.41) is 3.70. The van der Waals surface area contributed by atoms with Gasteiger partial charge in [-0.3, -0.25) is 4.79 Å². The lowest BCUT2D eigenvalue weighted by Gasteiger charge is -2.33. The number of nitrogens with zero attached hydrogens (tertiary/aromatic N) is 3. The average Bonchev–Trinajstić information content (AvgIpc) is 3.46. The Morgan fingerprint density at radius 1 is 1.12 bits per heavy atom. The van der Waals surface area contributed by atoms with E-state index in [1.165, 1.54) is 12.8 Å². The molecule has 1 aliphatic heterocycles. The van der Waals surface area contributed by atoms with Crippen LogP contribution in [0.25, 0.3) is 0 Å². The van der Waals surface area contributed by atoms with Crippen molar-refractivity contribution in [1.82, 2.24) is 15.3 Å². The summed E-state index contributed by atoms with van der Waals surface area (Å²) in [6, 6.07) is 10.4. The predicted octanol–water partition coefficient (Wildman–Crippen LogP) is 2.75. The van der Waals surface area contributed by atoms with Crippen LogP contribution >= 0.6 is 0 Å². The molecule has 6 heteroatoms. The largest absolute Gasteiger partial charge is 0.383 e. The molecule has 2 fully saturated rings. The number of nitrogens with one attached hydrogen (secondary N) is 1. The lowest BCUT2D eigenvalue weighted by Crippen LogP contribution is -2.43. The fourth-order valence-electron chi connectivity index (χ4n) is 3.33. The van der Waals surface area contributed by atoms with Crippen LogP contribution in [0.3, 0.4) is 0 Å². The first kappa shape index (κ1) is 16.0. The maximum absolute atomic E-state index is 12.7. The molecule has 3 N–H and O–H groups in total. The molecule has 6 nitrogen and oxygen atoms in total. The van der Waals surface area contributed by atoms with E-state index in [4.69, 9.17) is 5.73 Å².